The number of hydrogen-bond acceptors (Lipinski definition) is 4. The third-order valence-electron chi connectivity index (χ3n) is 3.14. The zero-order chi connectivity index (χ0) is 14.8. The van der Waals surface area contributed by atoms with Crippen LogP contribution in [0, 0.1) is 5.92 Å². The van der Waals surface area contributed by atoms with Crippen LogP contribution in [0.3, 0.4) is 0 Å². The summed E-state index contributed by atoms with van der Waals surface area (Å²) in [6, 6.07) is 7.43. The molecule has 2 heterocycles. The van der Waals surface area contributed by atoms with Crippen LogP contribution >= 0.6 is 0 Å². The Bertz CT molecular complexity index is 773. The van der Waals surface area contributed by atoms with Gasteiger partial charge in [-0.05, 0) is 24.5 Å². The molecule has 2 aromatic heterocycles. The summed E-state index contributed by atoms with van der Waals surface area (Å²) >= 11 is 0. The van der Waals surface area contributed by atoms with E-state index in [-0.39, 0.29) is 0 Å². The van der Waals surface area contributed by atoms with E-state index in [0.29, 0.717) is 35.1 Å². The molecule has 6 nitrogen and oxygen atoms in total. The largest absolute Gasteiger partial charge is 0.353 e. The number of para-hydroxylation sites is 1. The minimum atomic E-state index is 0.516. The van der Waals surface area contributed by atoms with Gasteiger partial charge in [0.25, 0.3) is 0 Å². The lowest BCUT2D eigenvalue weighted by Crippen LogP contribution is -1.94. The molecular weight excluding hydrogens is 268 g/mol. The number of amides is 1. The molecule has 0 saturated carbocycles. The summed E-state index contributed by atoms with van der Waals surface area (Å²) in [5, 5.41) is 6.69. The Morgan fingerprint density at radius 2 is 2.29 bits per heavy atom. The van der Waals surface area contributed by atoms with E-state index in [0.717, 1.165) is 17.6 Å². The maximum Gasteiger partial charge on any atom is 0.211 e. The molecule has 0 unspecified atom stereocenters. The number of imidazole rings is 1. The highest BCUT2D eigenvalue weighted by molar-refractivity contribution is 5.94. The van der Waals surface area contributed by atoms with Crippen molar-refractivity contribution >= 4 is 23.1 Å². The van der Waals surface area contributed by atoms with Gasteiger partial charge in [0, 0.05) is 6.07 Å². The number of carbonyl (C=O) groups is 1. The van der Waals surface area contributed by atoms with Gasteiger partial charge in [-0.2, -0.15) is 0 Å². The molecule has 1 amide bonds. The Kier molecular flexibility index (Phi) is 3.43. The Morgan fingerprint density at radius 3 is 3.05 bits per heavy atom. The molecule has 0 atom stereocenters. The van der Waals surface area contributed by atoms with Crippen molar-refractivity contribution in [1.82, 2.24) is 15.1 Å². The molecule has 3 aromatic rings. The average molecular weight is 284 g/mol. The summed E-state index contributed by atoms with van der Waals surface area (Å²) < 4.78 is 5.35. The number of aromatic nitrogens is 3. The van der Waals surface area contributed by atoms with E-state index >= 15 is 0 Å². The van der Waals surface area contributed by atoms with E-state index in [1.165, 1.54) is 0 Å². The number of fused-ring (bicyclic) bond motifs is 1. The van der Waals surface area contributed by atoms with Crippen LogP contribution in [0.5, 0.6) is 0 Å². The SMILES string of the molecule is CC(C)Cc1cc(-c2nc3c(NC=O)cccc3[nH]2)on1. The van der Waals surface area contributed by atoms with Gasteiger partial charge in [-0.25, -0.2) is 4.98 Å². The van der Waals surface area contributed by atoms with Gasteiger partial charge >= 0.3 is 0 Å². The Morgan fingerprint density at radius 1 is 1.43 bits per heavy atom. The quantitative estimate of drug-likeness (QED) is 0.705. The van der Waals surface area contributed by atoms with Gasteiger partial charge in [0.1, 0.15) is 5.52 Å². The van der Waals surface area contributed by atoms with Crippen LogP contribution in [0.25, 0.3) is 22.6 Å². The first-order valence-corrected chi connectivity index (χ1v) is 6.82. The third-order valence-corrected chi connectivity index (χ3v) is 3.14. The molecular formula is C15H16N4O2. The molecule has 0 aliphatic carbocycles. The normalized spacial score (nSPS) is 11.2. The van der Waals surface area contributed by atoms with E-state index in [1.54, 1.807) is 6.07 Å². The van der Waals surface area contributed by atoms with Crippen molar-refractivity contribution in [3.8, 4) is 11.6 Å². The first-order chi connectivity index (χ1) is 10.2. The predicted octanol–water partition coefficient (Wildman–Crippen LogP) is 2.98. The minimum absolute atomic E-state index is 0.516. The maximum absolute atomic E-state index is 10.6. The highest BCUT2D eigenvalue weighted by atomic mass is 16.5. The summed E-state index contributed by atoms with van der Waals surface area (Å²) in [6.07, 6.45) is 1.50. The highest BCUT2D eigenvalue weighted by Crippen LogP contribution is 2.26. The molecule has 0 aliphatic heterocycles. The van der Waals surface area contributed by atoms with Crippen molar-refractivity contribution in [1.29, 1.82) is 0 Å². The van der Waals surface area contributed by atoms with Crippen molar-refractivity contribution < 1.29 is 9.32 Å². The zero-order valence-corrected chi connectivity index (χ0v) is 11.9. The second-order valence-corrected chi connectivity index (χ2v) is 5.33. The van der Waals surface area contributed by atoms with Crippen LogP contribution in [0.1, 0.15) is 19.5 Å². The van der Waals surface area contributed by atoms with E-state index in [1.807, 2.05) is 18.2 Å². The van der Waals surface area contributed by atoms with Gasteiger partial charge in [-0.3, -0.25) is 4.79 Å². The molecule has 0 fully saturated rings. The van der Waals surface area contributed by atoms with Crippen LogP contribution in [0.2, 0.25) is 0 Å². The molecule has 21 heavy (non-hydrogen) atoms. The summed E-state index contributed by atoms with van der Waals surface area (Å²) in [7, 11) is 0. The molecule has 1 aromatic carbocycles. The molecule has 0 aliphatic rings. The predicted molar refractivity (Wildman–Crippen MR) is 79.8 cm³/mol. The molecule has 0 saturated heterocycles. The van der Waals surface area contributed by atoms with Crippen molar-refractivity contribution in [3.05, 3.63) is 30.0 Å². The Balaban J connectivity index is 1.99. The summed E-state index contributed by atoms with van der Waals surface area (Å²) in [5.74, 6) is 1.72. The minimum Gasteiger partial charge on any atom is -0.353 e. The Labute approximate surface area is 121 Å². The van der Waals surface area contributed by atoms with E-state index in [9.17, 15) is 4.79 Å². The van der Waals surface area contributed by atoms with Crippen LogP contribution in [-0.2, 0) is 11.2 Å². The second-order valence-electron chi connectivity index (χ2n) is 5.33. The third kappa shape index (κ3) is 2.65. The number of H-pyrrole nitrogens is 1. The van der Waals surface area contributed by atoms with Crippen LogP contribution < -0.4 is 5.32 Å². The summed E-state index contributed by atoms with van der Waals surface area (Å²) in [6.45, 7) is 4.26. The van der Waals surface area contributed by atoms with Gasteiger partial charge < -0.3 is 14.8 Å². The van der Waals surface area contributed by atoms with Crippen molar-refractivity contribution in [3.63, 3.8) is 0 Å². The monoisotopic (exact) mass is 284 g/mol. The molecule has 0 spiro atoms. The summed E-state index contributed by atoms with van der Waals surface area (Å²) in [4.78, 5) is 18.3. The number of carbonyl (C=O) groups excluding carboxylic acids is 1. The van der Waals surface area contributed by atoms with Gasteiger partial charge in [-0.15, -0.1) is 0 Å². The van der Waals surface area contributed by atoms with Crippen molar-refractivity contribution in [2.24, 2.45) is 5.92 Å². The highest BCUT2D eigenvalue weighted by Gasteiger charge is 2.13. The fourth-order valence-electron chi connectivity index (χ4n) is 2.27. The Hall–Kier alpha value is -2.63. The molecule has 0 bridgehead atoms. The standard InChI is InChI=1S/C15H16N4O2/c1-9(2)6-10-7-13(21-19-10)15-17-12-5-3-4-11(16-8-20)14(12)18-15/h3-5,7-9H,6H2,1-2H3,(H,16,20)(H,17,18). The van der Waals surface area contributed by atoms with Crippen molar-refractivity contribution in [2.75, 3.05) is 5.32 Å². The van der Waals surface area contributed by atoms with Gasteiger partial charge in [0.15, 0.2) is 5.82 Å². The number of anilines is 1. The van der Waals surface area contributed by atoms with E-state index < -0.39 is 0 Å². The van der Waals surface area contributed by atoms with E-state index in [2.05, 4.69) is 34.3 Å². The van der Waals surface area contributed by atoms with E-state index in [4.69, 9.17) is 4.52 Å². The first-order valence-electron chi connectivity index (χ1n) is 6.82. The van der Waals surface area contributed by atoms with Crippen molar-refractivity contribution in [2.45, 2.75) is 20.3 Å². The maximum atomic E-state index is 10.6. The number of nitrogens with zero attached hydrogens (tertiary/aromatic N) is 2. The number of benzene rings is 1. The van der Waals surface area contributed by atoms with Gasteiger partial charge in [-0.1, -0.05) is 25.1 Å². The lowest BCUT2D eigenvalue weighted by Gasteiger charge is -1.97. The van der Waals surface area contributed by atoms with Crippen LogP contribution in [0.4, 0.5) is 5.69 Å². The number of aromatic amines is 1. The zero-order valence-electron chi connectivity index (χ0n) is 11.9. The molecule has 0 radical (unpaired) electrons. The summed E-state index contributed by atoms with van der Waals surface area (Å²) in [5.41, 5.74) is 3.10. The number of nitrogens with one attached hydrogen (secondary N) is 2. The molecule has 3 rings (SSSR count). The van der Waals surface area contributed by atoms with Crippen LogP contribution in [-0.4, -0.2) is 21.5 Å². The number of hydrogen-bond donors (Lipinski definition) is 2. The lowest BCUT2D eigenvalue weighted by molar-refractivity contribution is -0.105. The fourth-order valence-corrected chi connectivity index (χ4v) is 2.27. The van der Waals surface area contributed by atoms with Gasteiger partial charge in [0.05, 0.1) is 16.9 Å². The second kappa shape index (κ2) is 5.40. The first kappa shape index (κ1) is 13.4. The fraction of sp³-hybridized carbons (Fsp3) is 0.267. The molecule has 6 heteroatoms. The van der Waals surface area contributed by atoms with Crippen LogP contribution in [0.15, 0.2) is 28.8 Å². The molecule has 2 N–H and O–H groups in total. The molecule has 108 valence electrons. The lowest BCUT2D eigenvalue weighted by atomic mass is 10.1. The number of rotatable bonds is 5. The average Bonchev–Trinajstić information content (AvgIpc) is 3.05. The topological polar surface area (TPSA) is 83.8 Å². The smallest absolute Gasteiger partial charge is 0.211 e. The van der Waals surface area contributed by atoms with Gasteiger partial charge in [0.2, 0.25) is 12.2 Å².